The van der Waals surface area contributed by atoms with Gasteiger partial charge in [0.15, 0.2) is 0 Å². The van der Waals surface area contributed by atoms with E-state index in [0.29, 0.717) is 11.1 Å². The lowest BCUT2D eigenvalue weighted by Crippen LogP contribution is -2.53. The van der Waals surface area contributed by atoms with E-state index in [4.69, 9.17) is 11.0 Å². The molecule has 3 amide bonds. The van der Waals surface area contributed by atoms with Crippen LogP contribution in [0.4, 0.5) is 0 Å². The number of Topliss-reactive ketones (excluding diaryl/α,β-unsaturated/α-hetero) is 1. The lowest BCUT2D eigenvalue weighted by molar-refractivity contribution is -0.138. The molecule has 0 saturated heterocycles. The van der Waals surface area contributed by atoms with Gasteiger partial charge >= 0.3 is 0 Å². The number of amides is 3. The maximum atomic E-state index is 12.7. The van der Waals surface area contributed by atoms with E-state index in [1.165, 1.54) is 6.92 Å². The molecular formula is C22H22N4O4. The molecule has 8 nitrogen and oxygen atoms in total. The topological polar surface area (TPSA) is 142 Å². The molecule has 2 aromatic rings. The summed E-state index contributed by atoms with van der Waals surface area (Å²) in [5.74, 6) is -3.12. The normalized spacial score (nSPS) is 12.1. The third-order valence-corrected chi connectivity index (χ3v) is 4.35. The van der Waals surface area contributed by atoms with Crippen molar-refractivity contribution in [3.05, 3.63) is 71.3 Å². The number of ketones is 1. The lowest BCUT2D eigenvalue weighted by Gasteiger charge is -2.21. The summed E-state index contributed by atoms with van der Waals surface area (Å²) in [7, 11) is 0. The van der Waals surface area contributed by atoms with Crippen molar-refractivity contribution in [1.29, 1.82) is 5.26 Å². The Morgan fingerprint density at radius 1 is 1.00 bits per heavy atom. The number of rotatable bonds is 9. The first kappa shape index (κ1) is 22.3. The maximum Gasteiger partial charge on any atom is 0.287 e. The molecule has 1 unspecified atom stereocenters. The number of primary amides is 1. The molecule has 2 rings (SSSR count). The van der Waals surface area contributed by atoms with E-state index >= 15 is 0 Å². The molecule has 0 bridgehead atoms. The van der Waals surface area contributed by atoms with Crippen molar-refractivity contribution in [3.63, 3.8) is 0 Å². The number of hydrogen-bond acceptors (Lipinski definition) is 5. The van der Waals surface area contributed by atoms with Gasteiger partial charge in [-0.2, -0.15) is 5.26 Å². The molecule has 0 aliphatic rings. The molecule has 4 N–H and O–H groups in total. The quantitative estimate of drug-likeness (QED) is 0.516. The molecule has 0 aliphatic heterocycles. The van der Waals surface area contributed by atoms with E-state index in [1.54, 1.807) is 48.5 Å². The van der Waals surface area contributed by atoms with Crippen molar-refractivity contribution in [2.24, 2.45) is 5.73 Å². The van der Waals surface area contributed by atoms with E-state index in [9.17, 15) is 19.2 Å². The summed E-state index contributed by atoms with van der Waals surface area (Å²) in [6.07, 6.45) is 0.165. The molecule has 0 saturated carbocycles. The Kier molecular flexibility index (Phi) is 7.82. The SMILES string of the molecule is CC(NC(=O)[C@H](Cc1cccc(C#N)c1)NC(=O)Cc1ccccc1)C(=O)C(N)=O. The van der Waals surface area contributed by atoms with Gasteiger partial charge in [0.05, 0.1) is 24.1 Å². The molecule has 0 fully saturated rings. The smallest absolute Gasteiger partial charge is 0.287 e. The number of benzene rings is 2. The van der Waals surface area contributed by atoms with Crippen molar-refractivity contribution < 1.29 is 19.2 Å². The van der Waals surface area contributed by atoms with Gasteiger partial charge in [0.1, 0.15) is 6.04 Å². The van der Waals surface area contributed by atoms with Crippen LogP contribution in [0.15, 0.2) is 54.6 Å². The van der Waals surface area contributed by atoms with E-state index in [2.05, 4.69) is 10.6 Å². The van der Waals surface area contributed by atoms with Crippen molar-refractivity contribution >= 4 is 23.5 Å². The van der Waals surface area contributed by atoms with Crippen LogP contribution in [0.5, 0.6) is 0 Å². The van der Waals surface area contributed by atoms with Gasteiger partial charge in [-0.05, 0) is 30.2 Å². The van der Waals surface area contributed by atoms with Crippen LogP contribution < -0.4 is 16.4 Å². The van der Waals surface area contributed by atoms with Gasteiger partial charge < -0.3 is 16.4 Å². The lowest BCUT2D eigenvalue weighted by atomic mass is 10.0. The number of nitrogens with one attached hydrogen (secondary N) is 2. The van der Waals surface area contributed by atoms with Crippen LogP contribution in [0.3, 0.4) is 0 Å². The second-order valence-electron chi connectivity index (χ2n) is 6.76. The summed E-state index contributed by atoms with van der Waals surface area (Å²) in [4.78, 5) is 48.0. The van der Waals surface area contributed by atoms with Crippen LogP contribution in [0.1, 0.15) is 23.6 Å². The fourth-order valence-corrected chi connectivity index (χ4v) is 2.83. The second kappa shape index (κ2) is 10.5. The number of nitrogens with zero attached hydrogens (tertiary/aromatic N) is 1. The summed E-state index contributed by atoms with van der Waals surface area (Å²) < 4.78 is 0. The zero-order valence-electron chi connectivity index (χ0n) is 16.4. The summed E-state index contributed by atoms with van der Waals surface area (Å²) in [6, 6.07) is 15.5. The van der Waals surface area contributed by atoms with Crippen molar-refractivity contribution in [3.8, 4) is 6.07 Å². The highest BCUT2D eigenvalue weighted by Crippen LogP contribution is 2.09. The summed E-state index contributed by atoms with van der Waals surface area (Å²) in [6.45, 7) is 1.34. The number of hydrogen-bond donors (Lipinski definition) is 3. The fraction of sp³-hybridized carbons (Fsp3) is 0.227. The Morgan fingerprint density at radius 2 is 1.67 bits per heavy atom. The van der Waals surface area contributed by atoms with Crippen LogP contribution in [0.2, 0.25) is 0 Å². The van der Waals surface area contributed by atoms with Crippen LogP contribution in [0, 0.1) is 11.3 Å². The largest absolute Gasteiger partial charge is 0.363 e. The fourth-order valence-electron chi connectivity index (χ4n) is 2.83. The van der Waals surface area contributed by atoms with E-state index in [1.807, 2.05) is 12.1 Å². The molecule has 0 aromatic heterocycles. The standard InChI is InChI=1S/C22H22N4O4/c1-14(20(28)21(24)29)25-22(30)18(11-16-8-5-9-17(10-16)13-23)26-19(27)12-15-6-3-2-4-7-15/h2-10,14,18H,11-12H2,1H3,(H2,24,29)(H,25,30)(H,26,27)/t14?,18-/m0/s1. The summed E-state index contributed by atoms with van der Waals surface area (Å²) >= 11 is 0. The monoisotopic (exact) mass is 406 g/mol. The predicted octanol–water partition coefficient (Wildman–Crippen LogP) is 0.387. The predicted molar refractivity (Wildman–Crippen MR) is 109 cm³/mol. The average Bonchev–Trinajstić information content (AvgIpc) is 2.73. The molecule has 30 heavy (non-hydrogen) atoms. The minimum atomic E-state index is -1.16. The van der Waals surface area contributed by atoms with Crippen molar-refractivity contribution in [2.45, 2.75) is 31.8 Å². The molecule has 0 heterocycles. The van der Waals surface area contributed by atoms with Crippen molar-refractivity contribution in [2.75, 3.05) is 0 Å². The van der Waals surface area contributed by atoms with Crippen LogP contribution in [0.25, 0.3) is 0 Å². The molecule has 2 aromatic carbocycles. The Morgan fingerprint density at radius 3 is 2.30 bits per heavy atom. The Hall–Kier alpha value is -3.99. The zero-order chi connectivity index (χ0) is 22.1. The molecule has 8 heteroatoms. The molecule has 0 spiro atoms. The maximum absolute atomic E-state index is 12.7. The van der Waals surface area contributed by atoms with E-state index < -0.39 is 29.7 Å². The average molecular weight is 406 g/mol. The third kappa shape index (κ3) is 6.56. The molecular weight excluding hydrogens is 384 g/mol. The van der Waals surface area contributed by atoms with Crippen molar-refractivity contribution in [1.82, 2.24) is 10.6 Å². The molecule has 0 aliphatic carbocycles. The molecule has 154 valence electrons. The van der Waals surface area contributed by atoms with Gasteiger partial charge in [-0.25, -0.2) is 0 Å². The zero-order valence-corrected chi connectivity index (χ0v) is 16.4. The minimum absolute atomic E-state index is 0.0681. The number of carbonyl (C=O) groups is 4. The molecule has 0 radical (unpaired) electrons. The Labute approximate surface area is 174 Å². The van der Waals surface area contributed by atoms with Gasteiger partial charge in [-0.3, -0.25) is 19.2 Å². The number of nitrogens with two attached hydrogens (primary N) is 1. The van der Waals surface area contributed by atoms with E-state index in [-0.39, 0.29) is 18.7 Å². The number of nitriles is 1. The van der Waals surface area contributed by atoms with Gasteiger partial charge in [0.25, 0.3) is 5.91 Å². The highest BCUT2D eigenvalue weighted by molar-refractivity contribution is 6.37. The summed E-state index contributed by atoms with van der Waals surface area (Å²) in [5, 5.41) is 14.1. The van der Waals surface area contributed by atoms with Gasteiger partial charge in [-0.1, -0.05) is 42.5 Å². The Bertz CT molecular complexity index is 982. The van der Waals surface area contributed by atoms with E-state index in [0.717, 1.165) is 5.56 Å². The highest BCUT2D eigenvalue weighted by Gasteiger charge is 2.26. The van der Waals surface area contributed by atoms with Crippen LogP contribution in [-0.4, -0.2) is 35.6 Å². The third-order valence-electron chi connectivity index (χ3n) is 4.35. The first-order chi connectivity index (χ1) is 14.3. The first-order valence-corrected chi connectivity index (χ1v) is 9.26. The highest BCUT2D eigenvalue weighted by atomic mass is 16.2. The summed E-state index contributed by atoms with van der Waals surface area (Å²) in [5.41, 5.74) is 6.82. The Balaban J connectivity index is 2.16. The minimum Gasteiger partial charge on any atom is -0.363 e. The van der Waals surface area contributed by atoms with Crippen LogP contribution >= 0.6 is 0 Å². The molecule has 2 atom stereocenters. The number of carbonyl (C=O) groups excluding carboxylic acids is 4. The first-order valence-electron chi connectivity index (χ1n) is 9.26. The second-order valence-corrected chi connectivity index (χ2v) is 6.76. The van der Waals surface area contributed by atoms with Crippen LogP contribution in [-0.2, 0) is 32.0 Å². The van der Waals surface area contributed by atoms with Gasteiger partial charge in [0.2, 0.25) is 17.6 Å². The van der Waals surface area contributed by atoms with Gasteiger partial charge in [-0.15, -0.1) is 0 Å². The van der Waals surface area contributed by atoms with Gasteiger partial charge in [0, 0.05) is 6.42 Å².